The maximum atomic E-state index is 10.9. The van der Waals surface area contributed by atoms with Gasteiger partial charge in [-0.25, -0.2) is 4.98 Å². The summed E-state index contributed by atoms with van der Waals surface area (Å²) in [7, 11) is 1.36. The number of hydrogen-bond acceptors (Lipinski definition) is 3. The first-order chi connectivity index (χ1) is 6.13. The summed E-state index contributed by atoms with van der Waals surface area (Å²) >= 11 is 6.53. The summed E-state index contributed by atoms with van der Waals surface area (Å²) in [5.74, 6) is -0.268. The molecule has 0 bridgehead atoms. The molecular formula is C8H7Br2NO2. The lowest BCUT2D eigenvalue weighted by Crippen LogP contribution is -2.04. The Morgan fingerprint density at radius 1 is 1.62 bits per heavy atom. The van der Waals surface area contributed by atoms with Gasteiger partial charge >= 0.3 is 5.97 Å². The van der Waals surface area contributed by atoms with Crippen LogP contribution in [-0.4, -0.2) is 18.1 Å². The molecule has 0 aliphatic rings. The molecule has 1 rings (SSSR count). The minimum Gasteiger partial charge on any atom is -0.469 e. The van der Waals surface area contributed by atoms with Gasteiger partial charge in [-0.1, -0.05) is 0 Å². The Balaban J connectivity index is 2.79. The van der Waals surface area contributed by atoms with Crippen LogP contribution >= 0.6 is 31.9 Å². The fourth-order valence-electron chi connectivity index (χ4n) is 0.796. The van der Waals surface area contributed by atoms with E-state index in [1.54, 1.807) is 6.20 Å². The quantitative estimate of drug-likeness (QED) is 0.622. The molecule has 0 saturated carbocycles. The number of ether oxygens (including phenoxy) is 1. The first kappa shape index (κ1) is 10.7. The van der Waals surface area contributed by atoms with Gasteiger partial charge in [0.1, 0.15) is 4.60 Å². The molecule has 0 fully saturated rings. The van der Waals surface area contributed by atoms with Gasteiger partial charge < -0.3 is 4.74 Å². The lowest BCUT2D eigenvalue weighted by Gasteiger charge is -2.00. The number of pyridine rings is 1. The van der Waals surface area contributed by atoms with Crippen molar-refractivity contribution >= 4 is 37.8 Å². The highest BCUT2D eigenvalue weighted by molar-refractivity contribution is 9.13. The maximum Gasteiger partial charge on any atom is 0.310 e. The van der Waals surface area contributed by atoms with Crippen molar-refractivity contribution < 1.29 is 9.53 Å². The maximum absolute atomic E-state index is 10.9. The average molecular weight is 309 g/mol. The first-order valence-electron chi connectivity index (χ1n) is 3.50. The van der Waals surface area contributed by atoms with E-state index in [2.05, 4.69) is 41.6 Å². The molecule has 0 N–H and O–H groups in total. The van der Waals surface area contributed by atoms with Crippen molar-refractivity contribution in [3.05, 3.63) is 26.9 Å². The Labute approximate surface area is 92.8 Å². The molecule has 0 spiro atoms. The largest absolute Gasteiger partial charge is 0.469 e. The van der Waals surface area contributed by atoms with Crippen LogP contribution in [0.15, 0.2) is 21.3 Å². The van der Waals surface area contributed by atoms with Crippen LogP contribution in [0.2, 0.25) is 0 Å². The zero-order valence-corrected chi connectivity index (χ0v) is 10.1. The highest BCUT2D eigenvalue weighted by Gasteiger charge is 2.05. The van der Waals surface area contributed by atoms with Crippen molar-refractivity contribution in [2.24, 2.45) is 0 Å². The number of aromatic nitrogens is 1. The SMILES string of the molecule is COC(=O)Cc1cnc(Br)c(Br)c1. The van der Waals surface area contributed by atoms with E-state index >= 15 is 0 Å². The molecule has 0 amide bonds. The summed E-state index contributed by atoms with van der Waals surface area (Å²) in [5.41, 5.74) is 0.821. The number of carbonyl (C=O) groups is 1. The van der Waals surface area contributed by atoms with Crippen LogP contribution in [0.4, 0.5) is 0 Å². The third-order valence-electron chi connectivity index (χ3n) is 1.43. The topological polar surface area (TPSA) is 39.2 Å². The minimum atomic E-state index is -0.268. The van der Waals surface area contributed by atoms with Crippen molar-refractivity contribution in [3.63, 3.8) is 0 Å². The molecule has 0 atom stereocenters. The molecule has 1 aromatic heterocycles. The fraction of sp³-hybridized carbons (Fsp3) is 0.250. The standard InChI is InChI=1S/C8H7Br2NO2/c1-13-7(12)3-5-2-6(9)8(10)11-4-5/h2,4H,3H2,1H3. The van der Waals surface area contributed by atoms with Gasteiger partial charge in [-0.15, -0.1) is 0 Å². The number of hydrogen-bond donors (Lipinski definition) is 0. The molecule has 0 aliphatic heterocycles. The summed E-state index contributed by atoms with van der Waals surface area (Å²) < 4.78 is 6.08. The molecule has 3 nitrogen and oxygen atoms in total. The number of rotatable bonds is 2. The van der Waals surface area contributed by atoms with Gasteiger partial charge in [0.15, 0.2) is 0 Å². The van der Waals surface area contributed by atoms with E-state index < -0.39 is 0 Å². The number of halogens is 2. The monoisotopic (exact) mass is 307 g/mol. The van der Waals surface area contributed by atoms with Gasteiger partial charge in [0, 0.05) is 6.20 Å². The summed E-state index contributed by atoms with van der Waals surface area (Å²) in [6, 6.07) is 1.83. The molecule has 1 aromatic rings. The number of methoxy groups -OCH3 is 1. The third kappa shape index (κ3) is 3.08. The Bertz CT molecular complexity index is 328. The molecule has 0 aromatic carbocycles. The Kier molecular flexibility index (Phi) is 3.87. The minimum absolute atomic E-state index is 0.245. The van der Waals surface area contributed by atoms with E-state index in [0.717, 1.165) is 14.6 Å². The van der Waals surface area contributed by atoms with Gasteiger partial charge in [-0.3, -0.25) is 4.79 Å². The van der Waals surface area contributed by atoms with Crippen molar-refractivity contribution in [2.75, 3.05) is 7.11 Å². The second-order valence-electron chi connectivity index (χ2n) is 2.37. The van der Waals surface area contributed by atoms with Crippen LogP contribution in [0, 0.1) is 0 Å². The van der Waals surface area contributed by atoms with Crippen molar-refractivity contribution in [1.82, 2.24) is 4.98 Å². The third-order valence-corrected chi connectivity index (χ3v) is 3.20. The van der Waals surface area contributed by atoms with Gasteiger partial charge in [0.05, 0.1) is 18.0 Å². The van der Waals surface area contributed by atoms with Crippen molar-refractivity contribution in [2.45, 2.75) is 6.42 Å². The van der Waals surface area contributed by atoms with E-state index in [0.29, 0.717) is 0 Å². The number of carbonyl (C=O) groups excluding carboxylic acids is 1. The highest BCUT2D eigenvalue weighted by atomic mass is 79.9. The summed E-state index contributed by atoms with van der Waals surface area (Å²) in [4.78, 5) is 14.9. The normalized spacial score (nSPS) is 9.77. The lowest BCUT2D eigenvalue weighted by atomic mass is 10.2. The second-order valence-corrected chi connectivity index (χ2v) is 3.97. The van der Waals surface area contributed by atoms with Crippen molar-refractivity contribution in [3.8, 4) is 0 Å². The predicted octanol–water partition coefficient (Wildman–Crippen LogP) is 2.32. The van der Waals surface area contributed by atoms with Crippen LogP contribution < -0.4 is 0 Å². The van der Waals surface area contributed by atoms with E-state index in [1.807, 2.05) is 6.07 Å². The summed E-state index contributed by atoms with van der Waals surface area (Å²) in [5, 5.41) is 0. The highest BCUT2D eigenvalue weighted by Crippen LogP contribution is 2.21. The molecule has 5 heteroatoms. The van der Waals surface area contributed by atoms with Crippen LogP contribution in [-0.2, 0) is 16.0 Å². The molecule has 0 aliphatic carbocycles. The van der Waals surface area contributed by atoms with E-state index in [1.165, 1.54) is 7.11 Å². The smallest absolute Gasteiger partial charge is 0.310 e. The van der Waals surface area contributed by atoms with Crippen LogP contribution in [0.3, 0.4) is 0 Å². The van der Waals surface area contributed by atoms with Crippen LogP contribution in [0.25, 0.3) is 0 Å². The number of esters is 1. The zero-order valence-electron chi connectivity index (χ0n) is 6.88. The molecule has 0 unspecified atom stereocenters. The van der Waals surface area contributed by atoms with E-state index in [9.17, 15) is 4.79 Å². The Morgan fingerprint density at radius 3 is 2.85 bits per heavy atom. The van der Waals surface area contributed by atoms with Gasteiger partial charge in [-0.2, -0.15) is 0 Å². The Hall–Kier alpha value is -0.420. The fourth-order valence-corrected chi connectivity index (χ4v) is 1.41. The average Bonchev–Trinajstić information content (AvgIpc) is 2.11. The molecular weight excluding hydrogens is 302 g/mol. The second kappa shape index (κ2) is 4.72. The molecule has 0 saturated heterocycles. The molecule has 70 valence electrons. The van der Waals surface area contributed by atoms with Crippen LogP contribution in [0.1, 0.15) is 5.56 Å². The predicted molar refractivity (Wildman–Crippen MR) is 55.4 cm³/mol. The van der Waals surface area contributed by atoms with Gasteiger partial charge in [0.25, 0.3) is 0 Å². The summed E-state index contributed by atoms with van der Waals surface area (Å²) in [6.45, 7) is 0. The molecule has 13 heavy (non-hydrogen) atoms. The first-order valence-corrected chi connectivity index (χ1v) is 5.09. The van der Waals surface area contributed by atoms with E-state index in [4.69, 9.17) is 0 Å². The molecule has 0 radical (unpaired) electrons. The zero-order chi connectivity index (χ0) is 9.84. The number of nitrogens with zero attached hydrogens (tertiary/aromatic N) is 1. The lowest BCUT2D eigenvalue weighted by molar-refractivity contribution is -0.139. The van der Waals surface area contributed by atoms with Gasteiger partial charge in [0.2, 0.25) is 0 Å². The summed E-state index contributed by atoms with van der Waals surface area (Å²) in [6.07, 6.45) is 1.88. The molecule has 1 heterocycles. The van der Waals surface area contributed by atoms with Crippen molar-refractivity contribution in [1.29, 1.82) is 0 Å². The Morgan fingerprint density at radius 2 is 2.31 bits per heavy atom. The van der Waals surface area contributed by atoms with E-state index in [-0.39, 0.29) is 12.4 Å². The van der Waals surface area contributed by atoms with Gasteiger partial charge in [-0.05, 0) is 43.5 Å². The van der Waals surface area contributed by atoms with Crippen LogP contribution in [0.5, 0.6) is 0 Å².